The molecular formula is C27H32ClN7O2S. The molecule has 0 aliphatic carbocycles. The summed E-state index contributed by atoms with van der Waals surface area (Å²) in [4.78, 5) is 10.9. The molecule has 38 heavy (non-hydrogen) atoms. The number of anilines is 2. The number of para-hydroxylation sites is 1. The van der Waals surface area contributed by atoms with Crippen LogP contribution in [0.1, 0.15) is 26.7 Å². The highest BCUT2D eigenvalue weighted by Gasteiger charge is 2.26. The van der Waals surface area contributed by atoms with Crippen molar-refractivity contribution in [2.75, 3.05) is 36.9 Å². The van der Waals surface area contributed by atoms with Crippen LogP contribution in [0.15, 0.2) is 60.9 Å². The Hall–Kier alpha value is -3.50. The average Bonchev–Trinajstić information content (AvgIpc) is 3.41. The number of methoxy groups -OCH3 is 2. The lowest BCUT2D eigenvalue weighted by atomic mass is 10.1. The Morgan fingerprint density at radius 2 is 1.63 bits per heavy atom. The minimum Gasteiger partial charge on any atom is -0.494 e. The smallest absolute Gasteiger partial charge is 0.239 e. The van der Waals surface area contributed by atoms with Crippen molar-refractivity contribution in [3.63, 3.8) is 0 Å². The van der Waals surface area contributed by atoms with Crippen LogP contribution < -0.4 is 19.1 Å². The molecule has 1 aliphatic heterocycles. The highest BCUT2D eigenvalue weighted by Crippen LogP contribution is 2.38. The van der Waals surface area contributed by atoms with Gasteiger partial charge in [-0.25, -0.2) is 9.97 Å². The summed E-state index contributed by atoms with van der Waals surface area (Å²) in [7, 11) is 3.28. The van der Waals surface area contributed by atoms with Gasteiger partial charge < -0.3 is 14.4 Å². The molecule has 200 valence electrons. The van der Waals surface area contributed by atoms with Crippen molar-refractivity contribution in [1.82, 2.24) is 24.7 Å². The minimum absolute atomic E-state index is 0.294. The highest BCUT2D eigenvalue weighted by molar-refractivity contribution is 8.01. The summed E-state index contributed by atoms with van der Waals surface area (Å²) in [6.45, 7) is 5.71. The summed E-state index contributed by atoms with van der Waals surface area (Å²) in [5.74, 6) is 3.27. The van der Waals surface area contributed by atoms with Crippen molar-refractivity contribution < 1.29 is 9.47 Å². The van der Waals surface area contributed by atoms with Crippen LogP contribution in [0.4, 0.5) is 11.9 Å². The topological polar surface area (TPSA) is 90.2 Å². The molecule has 11 heteroatoms. The van der Waals surface area contributed by atoms with Gasteiger partial charge in [-0.15, -0.1) is 10.2 Å². The monoisotopic (exact) mass is 553 g/mol. The van der Waals surface area contributed by atoms with Crippen molar-refractivity contribution in [2.45, 2.75) is 31.9 Å². The number of ether oxygens (including phenoxy) is 2. The molecule has 2 aromatic heterocycles. The van der Waals surface area contributed by atoms with Gasteiger partial charge in [-0.2, -0.15) is 0 Å². The maximum Gasteiger partial charge on any atom is 0.239 e. The second-order valence-corrected chi connectivity index (χ2v) is 9.73. The number of nitrogens with zero attached hydrogens (tertiary/aromatic N) is 6. The summed E-state index contributed by atoms with van der Waals surface area (Å²) < 4.78 is 16.8. The molecule has 9 nitrogen and oxygen atoms in total. The van der Waals surface area contributed by atoms with E-state index in [0.29, 0.717) is 39.5 Å². The number of aromatic nitrogens is 5. The van der Waals surface area contributed by atoms with Gasteiger partial charge in [0.05, 0.1) is 31.6 Å². The quantitative estimate of drug-likeness (QED) is 0.258. The second-order valence-electron chi connectivity index (χ2n) is 8.19. The molecule has 1 saturated heterocycles. The van der Waals surface area contributed by atoms with Crippen LogP contribution in [0.2, 0.25) is 5.02 Å². The van der Waals surface area contributed by atoms with Gasteiger partial charge in [0, 0.05) is 23.9 Å². The standard InChI is InChI=1S/C25H26ClN7O2S.C2H6/c1-34-20-11-6-12-21(35-2)22(20)33-23(17-8-4-3-5-9-17)29-30-25(33)31-36-19-10-7-13-32(16-19)24-27-14-18(26)15-28-24;1-2/h3-6,8-9,11-12,14-15,19H,7,10,13,16H2,1-2H3,(H,30,31);1-2H3. The first kappa shape index (κ1) is 27.5. The number of halogens is 1. The third-order valence-corrected chi connectivity index (χ3v) is 7.12. The van der Waals surface area contributed by atoms with Gasteiger partial charge in [0.25, 0.3) is 0 Å². The molecule has 1 aliphatic rings. The highest BCUT2D eigenvalue weighted by atomic mass is 35.5. The van der Waals surface area contributed by atoms with E-state index in [4.69, 9.17) is 21.1 Å². The maximum absolute atomic E-state index is 5.96. The number of hydrogen-bond acceptors (Lipinski definition) is 9. The van der Waals surface area contributed by atoms with E-state index >= 15 is 0 Å². The number of benzene rings is 2. The molecule has 0 bridgehead atoms. The zero-order chi connectivity index (χ0) is 26.9. The second kappa shape index (κ2) is 13.3. The largest absolute Gasteiger partial charge is 0.494 e. The molecule has 1 unspecified atom stereocenters. The van der Waals surface area contributed by atoms with Gasteiger partial charge in [0.1, 0.15) is 17.2 Å². The number of rotatable bonds is 8. The van der Waals surface area contributed by atoms with Crippen LogP contribution in [-0.2, 0) is 0 Å². The Bertz CT molecular complexity index is 1280. The van der Waals surface area contributed by atoms with E-state index in [9.17, 15) is 0 Å². The van der Waals surface area contributed by atoms with Crippen LogP contribution in [0, 0.1) is 0 Å². The minimum atomic E-state index is 0.294. The normalized spacial score (nSPS) is 14.9. The Morgan fingerprint density at radius 1 is 0.947 bits per heavy atom. The molecule has 3 heterocycles. The van der Waals surface area contributed by atoms with Gasteiger partial charge in [-0.05, 0) is 36.9 Å². The first-order chi connectivity index (χ1) is 18.7. The van der Waals surface area contributed by atoms with E-state index < -0.39 is 0 Å². The molecule has 1 atom stereocenters. The van der Waals surface area contributed by atoms with Gasteiger partial charge >= 0.3 is 0 Å². The first-order valence-corrected chi connectivity index (χ1v) is 13.8. The molecule has 5 rings (SSSR count). The summed E-state index contributed by atoms with van der Waals surface area (Å²) >= 11 is 7.58. The van der Waals surface area contributed by atoms with Crippen LogP contribution in [0.5, 0.6) is 11.5 Å². The fraction of sp³-hybridized carbons (Fsp3) is 0.333. The SMILES string of the molecule is CC.COc1cccc(OC)c1-n1c(NSC2CCCN(c3ncc(Cl)cn3)C2)nnc1-c1ccccc1. The maximum atomic E-state index is 5.96. The summed E-state index contributed by atoms with van der Waals surface area (Å²) in [6.07, 6.45) is 5.35. The molecule has 1 N–H and O–H groups in total. The third kappa shape index (κ3) is 6.14. The Kier molecular flexibility index (Phi) is 9.67. The van der Waals surface area contributed by atoms with Crippen molar-refractivity contribution in [1.29, 1.82) is 0 Å². The fourth-order valence-electron chi connectivity index (χ4n) is 4.21. The lowest BCUT2D eigenvalue weighted by molar-refractivity contribution is 0.391. The first-order valence-electron chi connectivity index (χ1n) is 12.5. The predicted molar refractivity (Wildman–Crippen MR) is 155 cm³/mol. The Balaban J connectivity index is 0.00000164. The van der Waals surface area contributed by atoms with Crippen LogP contribution in [0.3, 0.4) is 0 Å². The fourth-order valence-corrected chi connectivity index (χ4v) is 5.25. The van der Waals surface area contributed by atoms with Crippen molar-refractivity contribution in [3.05, 3.63) is 65.9 Å². The van der Waals surface area contributed by atoms with Gasteiger partial charge in [-0.3, -0.25) is 9.29 Å². The van der Waals surface area contributed by atoms with Crippen molar-refractivity contribution >= 4 is 35.4 Å². The van der Waals surface area contributed by atoms with Crippen molar-refractivity contribution in [2.24, 2.45) is 0 Å². The molecule has 0 amide bonds. The summed E-state index contributed by atoms with van der Waals surface area (Å²) in [5.41, 5.74) is 1.66. The Morgan fingerprint density at radius 3 is 2.29 bits per heavy atom. The van der Waals surface area contributed by atoms with Crippen LogP contribution in [0.25, 0.3) is 17.1 Å². The van der Waals surface area contributed by atoms with Gasteiger partial charge in [-0.1, -0.05) is 61.8 Å². The molecule has 0 saturated carbocycles. The van der Waals surface area contributed by atoms with E-state index in [1.165, 1.54) is 0 Å². The van der Waals surface area contributed by atoms with Crippen molar-refractivity contribution in [3.8, 4) is 28.6 Å². The zero-order valence-corrected chi connectivity index (χ0v) is 23.5. The number of nitrogens with one attached hydrogen (secondary N) is 1. The lowest BCUT2D eigenvalue weighted by Gasteiger charge is -2.32. The molecule has 0 spiro atoms. The molecule has 0 radical (unpaired) electrons. The van der Waals surface area contributed by atoms with Gasteiger partial charge in [0.2, 0.25) is 11.9 Å². The number of hydrogen-bond donors (Lipinski definition) is 1. The van der Waals surface area contributed by atoms with Crippen LogP contribution >= 0.6 is 23.5 Å². The van der Waals surface area contributed by atoms with E-state index in [2.05, 4.69) is 29.8 Å². The van der Waals surface area contributed by atoms with E-state index in [1.807, 2.05) is 66.9 Å². The molecule has 4 aromatic rings. The van der Waals surface area contributed by atoms with E-state index in [0.717, 1.165) is 37.2 Å². The third-order valence-electron chi connectivity index (χ3n) is 5.91. The Labute approximate surface area is 232 Å². The zero-order valence-electron chi connectivity index (χ0n) is 22.0. The van der Waals surface area contributed by atoms with E-state index in [1.54, 1.807) is 38.6 Å². The number of piperidine rings is 1. The lowest BCUT2D eigenvalue weighted by Crippen LogP contribution is -2.38. The molecule has 1 fully saturated rings. The van der Waals surface area contributed by atoms with Crippen LogP contribution in [-0.4, -0.2) is 57.3 Å². The summed E-state index contributed by atoms with van der Waals surface area (Å²) in [6, 6.07) is 15.6. The summed E-state index contributed by atoms with van der Waals surface area (Å²) in [5, 5.41) is 9.86. The predicted octanol–water partition coefficient (Wildman–Crippen LogP) is 6.15. The average molecular weight is 554 g/mol. The molecular weight excluding hydrogens is 522 g/mol. The van der Waals surface area contributed by atoms with Gasteiger partial charge in [0.15, 0.2) is 5.82 Å². The van der Waals surface area contributed by atoms with E-state index in [-0.39, 0.29) is 0 Å². The molecule has 2 aromatic carbocycles.